The summed E-state index contributed by atoms with van der Waals surface area (Å²) < 4.78 is 0. The maximum absolute atomic E-state index is 5.33. The fourth-order valence-corrected chi connectivity index (χ4v) is 1.11. The van der Waals surface area contributed by atoms with Gasteiger partial charge in [-0.1, -0.05) is 18.2 Å². The molecule has 68 valence electrons. The van der Waals surface area contributed by atoms with Crippen molar-refractivity contribution in [1.82, 2.24) is 5.64 Å². The molecule has 0 spiro atoms. The number of benzene rings is 1. The highest BCUT2D eigenvalue weighted by atomic mass is 16.9. The average molecular weight is 178 g/mol. The standard InChI is InChI=1S/C9H10N2O2/c10-5-1-2-7-3-4-8-9(6-7)13-11-12-8/h1-4,6,11H,5,10H2. The molecule has 0 saturated carbocycles. The van der Waals surface area contributed by atoms with E-state index in [1.165, 1.54) is 0 Å². The monoisotopic (exact) mass is 178 g/mol. The van der Waals surface area contributed by atoms with E-state index in [0.29, 0.717) is 18.0 Å². The second-order valence-corrected chi connectivity index (χ2v) is 2.63. The summed E-state index contributed by atoms with van der Waals surface area (Å²) in [5.74, 6) is 1.39. The minimum atomic E-state index is 0.534. The average Bonchev–Trinajstić information content (AvgIpc) is 2.61. The molecule has 4 heteroatoms. The lowest BCUT2D eigenvalue weighted by Crippen LogP contribution is -2.14. The molecule has 1 aliphatic heterocycles. The molecule has 0 amide bonds. The van der Waals surface area contributed by atoms with Crippen LogP contribution in [0.15, 0.2) is 24.3 Å². The van der Waals surface area contributed by atoms with Crippen LogP contribution in [0.1, 0.15) is 5.56 Å². The number of fused-ring (bicyclic) bond motifs is 1. The molecule has 0 saturated heterocycles. The lowest BCUT2D eigenvalue weighted by molar-refractivity contribution is 0.0259. The number of nitrogens with one attached hydrogen (secondary N) is 1. The van der Waals surface area contributed by atoms with Gasteiger partial charge in [-0.05, 0) is 17.7 Å². The van der Waals surface area contributed by atoms with Crippen molar-refractivity contribution in [3.8, 4) is 11.5 Å². The van der Waals surface area contributed by atoms with Crippen molar-refractivity contribution in [1.29, 1.82) is 0 Å². The largest absolute Gasteiger partial charge is 0.370 e. The highest BCUT2D eigenvalue weighted by Crippen LogP contribution is 2.30. The fraction of sp³-hybridized carbons (Fsp3) is 0.111. The molecule has 0 atom stereocenters. The van der Waals surface area contributed by atoms with E-state index < -0.39 is 0 Å². The molecule has 1 aromatic carbocycles. The first-order valence-corrected chi connectivity index (χ1v) is 3.99. The zero-order chi connectivity index (χ0) is 9.10. The van der Waals surface area contributed by atoms with Gasteiger partial charge in [0, 0.05) is 12.2 Å². The van der Waals surface area contributed by atoms with E-state index in [4.69, 9.17) is 15.4 Å². The molecule has 2 rings (SSSR count). The van der Waals surface area contributed by atoms with Crippen LogP contribution in [0.3, 0.4) is 0 Å². The van der Waals surface area contributed by atoms with E-state index in [-0.39, 0.29) is 0 Å². The van der Waals surface area contributed by atoms with Gasteiger partial charge in [0.05, 0.1) is 0 Å². The summed E-state index contributed by atoms with van der Waals surface area (Å²) in [6, 6.07) is 5.65. The van der Waals surface area contributed by atoms with Crippen LogP contribution in [0.4, 0.5) is 0 Å². The molecule has 0 unspecified atom stereocenters. The van der Waals surface area contributed by atoms with E-state index in [0.717, 1.165) is 5.56 Å². The third kappa shape index (κ3) is 1.63. The summed E-state index contributed by atoms with van der Waals surface area (Å²) in [5.41, 5.74) is 8.69. The van der Waals surface area contributed by atoms with Crippen molar-refractivity contribution in [2.45, 2.75) is 0 Å². The molecular formula is C9H10N2O2. The first-order chi connectivity index (χ1) is 6.40. The highest BCUT2D eigenvalue weighted by molar-refractivity contribution is 5.56. The molecule has 0 bridgehead atoms. The van der Waals surface area contributed by atoms with Crippen LogP contribution in [0, 0.1) is 0 Å². The lowest BCUT2D eigenvalue weighted by Gasteiger charge is -1.94. The fourth-order valence-electron chi connectivity index (χ4n) is 1.11. The lowest BCUT2D eigenvalue weighted by atomic mass is 10.2. The van der Waals surface area contributed by atoms with Crippen LogP contribution in [0.5, 0.6) is 11.5 Å². The maximum atomic E-state index is 5.33. The van der Waals surface area contributed by atoms with Crippen LogP contribution in [0.25, 0.3) is 6.08 Å². The Morgan fingerprint density at radius 1 is 1.31 bits per heavy atom. The third-order valence-electron chi connectivity index (χ3n) is 1.72. The molecule has 0 fully saturated rings. The SMILES string of the molecule is NCC=Cc1ccc2c(c1)ONO2. The topological polar surface area (TPSA) is 56.5 Å². The van der Waals surface area contributed by atoms with Crippen molar-refractivity contribution < 1.29 is 9.68 Å². The van der Waals surface area contributed by atoms with Crippen molar-refractivity contribution in [3.63, 3.8) is 0 Å². The molecule has 0 radical (unpaired) electrons. The summed E-state index contributed by atoms with van der Waals surface area (Å²) in [6.07, 6.45) is 3.81. The zero-order valence-electron chi connectivity index (χ0n) is 6.99. The molecule has 0 aromatic heterocycles. The number of rotatable bonds is 2. The molecule has 13 heavy (non-hydrogen) atoms. The molecule has 0 aliphatic carbocycles. The second kappa shape index (κ2) is 3.47. The van der Waals surface area contributed by atoms with E-state index >= 15 is 0 Å². The van der Waals surface area contributed by atoms with Crippen LogP contribution < -0.4 is 21.1 Å². The van der Waals surface area contributed by atoms with Crippen molar-refractivity contribution in [2.75, 3.05) is 6.54 Å². The second-order valence-electron chi connectivity index (χ2n) is 2.63. The van der Waals surface area contributed by atoms with Gasteiger partial charge in [-0.2, -0.15) is 0 Å². The molecule has 1 heterocycles. The smallest absolute Gasteiger partial charge is 0.196 e. The quantitative estimate of drug-likeness (QED) is 0.704. The van der Waals surface area contributed by atoms with Crippen LogP contribution in [0.2, 0.25) is 0 Å². The Morgan fingerprint density at radius 3 is 3.00 bits per heavy atom. The Morgan fingerprint density at radius 2 is 2.15 bits per heavy atom. The third-order valence-corrected chi connectivity index (χ3v) is 1.72. The first kappa shape index (κ1) is 8.10. The molecule has 3 N–H and O–H groups in total. The van der Waals surface area contributed by atoms with Gasteiger partial charge in [-0.3, -0.25) is 0 Å². The molecule has 1 aromatic rings. The summed E-state index contributed by atoms with van der Waals surface area (Å²) >= 11 is 0. The summed E-state index contributed by atoms with van der Waals surface area (Å²) in [4.78, 5) is 9.92. The Labute approximate surface area is 75.9 Å². The summed E-state index contributed by atoms with van der Waals surface area (Å²) in [7, 11) is 0. The van der Waals surface area contributed by atoms with E-state index in [1.807, 2.05) is 30.4 Å². The van der Waals surface area contributed by atoms with Crippen LogP contribution >= 0.6 is 0 Å². The normalized spacial score (nSPS) is 13.9. The van der Waals surface area contributed by atoms with Crippen LogP contribution in [-0.4, -0.2) is 6.54 Å². The van der Waals surface area contributed by atoms with Crippen molar-refractivity contribution >= 4 is 6.08 Å². The van der Waals surface area contributed by atoms with Crippen molar-refractivity contribution in [3.05, 3.63) is 29.8 Å². The van der Waals surface area contributed by atoms with Gasteiger partial charge in [-0.15, -0.1) is 0 Å². The zero-order valence-corrected chi connectivity index (χ0v) is 6.99. The highest BCUT2D eigenvalue weighted by Gasteiger charge is 2.12. The van der Waals surface area contributed by atoms with Crippen LogP contribution in [-0.2, 0) is 0 Å². The van der Waals surface area contributed by atoms with Gasteiger partial charge >= 0.3 is 0 Å². The van der Waals surface area contributed by atoms with Gasteiger partial charge in [0.25, 0.3) is 0 Å². The predicted molar refractivity (Wildman–Crippen MR) is 48.9 cm³/mol. The number of hydrogen-bond donors (Lipinski definition) is 2. The Hall–Kier alpha value is -1.52. The van der Waals surface area contributed by atoms with Gasteiger partial charge < -0.3 is 15.4 Å². The first-order valence-electron chi connectivity index (χ1n) is 3.99. The Bertz CT molecular complexity index is 336. The molecule has 4 nitrogen and oxygen atoms in total. The minimum absolute atomic E-state index is 0.534. The van der Waals surface area contributed by atoms with E-state index in [1.54, 1.807) is 0 Å². The number of nitrogens with two attached hydrogens (primary N) is 1. The molecule has 1 aliphatic rings. The Kier molecular flexibility index (Phi) is 2.16. The van der Waals surface area contributed by atoms with Gasteiger partial charge in [0.2, 0.25) is 0 Å². The Balaban J connectivity index is 2.25. The summed E-state index contributed by atoms with van der Waals surface area (Å²) in [5, 5.41) is 0. The predicted octanol–water partition coefficient (Wildman–Crippen LogP) is 0.849. The van der Waals surface area contributed by atoms with E-state index in [9.17, 15) is 0 Å². The molecular weight excluding hydrogens is 168 g/mol. The minimum Gasteiger partial charge on any atom is -0.370 e. The van der Waals surface area contributed by atoms with Gasteiger partial charge in [0.15, 0.2) is 11.5 Å². The van der Waals surface area contributed by atoms with Crippen molar-refractivity contribution in [2.24, 2.45) is 5.73 Å². The number of hydrogen-bond acceptors (Lipinski definition) is 4. The van der Waals surface area contributed by atoms with Gasteiger partial charge in [-0.25, -0.2) is 0 Å². The summed E-state index contributed by atoms with van der Waals surface area (Å²) in [6.45, 7) is 0.534. The maximum Gasteiger partial charge on any atom is 0.196 e. The van der Waals surface area contributed by atoms with Gasteiger partial charge in [0.1, 0.15) is 0 Å². The van der Waals surface area contributed by atoms with E-state index in [2.05, 4.69) is 5.64 Å².